The van der Waals surface area contributed by atoms with Crippen molar-refractivity contribution in [2.24, 2.45) is 17.8 Å². The maximum absolute atomic E-state index is 14.8. The average molecular weight is 553 g/mol. The zero-order chi connectivity index (χ0) is 29.4. The van der Waals surface area contributed by atoms with Gasteiger partial charge >= 0.3 is 5.97 Å². The predicted molar refractivity (Wildman–Crippen MR) is 154 cm³/mol. The van der Waals surface area contributed by atoms with Crippen LogP contribution in [0.25, 0.3) is 0 Å². The molecule has 1 aromatic carbocycles. The molecule has 0 radical (unpaired) electrons. The van der Waals surface area contributed by atoms with Crippen molar-refractivity contribution in [1.29, 1.82) is 0 Å². The van der Waals surface area contributed by atoms with Crippen molar-refractivity contribution in [2.45, 2.75) is 83.6 Å². The van der Waals surface area contributed by atoms with Gasteiger partial charge in [0.1, 0.15) is 17.6 Å². The lowest BCUT2D eigenvalue weighted by atomic mass is 9.66. The third kappa shape index (κ3) is 4.69. The number of benzene rings is 1. The zero-order valence-electron chi connectivity index (χ0n) is 24.5. The minimum atomic E-state index is -1.21. The summed E-state index contributed by atoms with van der Waals surface area (Å²) in [4.78, 5) is 46.0. The molecule has 3 saturated heterocycles. The second kappa shape index (κ2) is 11.5. The highest BCUT2D eigenvalue weighted by atomic mass is 16.6. The van der Waals surface area contributed by atoms with Gasteiger partial charge in [-0.05, 0) is 63.1 Å². The lowest BCUT2D eigenvalue weighted by molar-refractivity contribution is -0.160. The molecule has 3 aliphatic rings. The average Bonchev–Trinajstić information content (AvgIpc) is 3.49. The van der Waals surface area contributed by atoms with E-state index in [2.05, 4.69) is 13.2 Å². The van der Waals surface area contributed by atoms with Gasteiger partial charge in [0.15, 0.2) is 0 Å². The smallest absolute Gasteiger partial charge is 0.312 e. The summed E-state index contributed by atoms with van der Waals surface area (Å²) in [5.41, 5.74) is 0.518. The highest BCUT2D eigenvalue weighted by Crippen LogP contribution is 2.64. The molecule has 1 spiro atoms. The molecule has 3 heterocycles. The van der Waals surface area contributed by atoms with E-state index >= 15 is 0 Å². The van der Waals surface area contributed by atoms with Crippen LogP contribution < -0.4 is 4.90 Å². The van der Waals surface area contributed by atoms with Gasteiger partial charge in [0.2, 0.25) is 5.91 Å². The molecule has 2 bridgehead atoms. The van der Waals surface area contributed by atoms with E-state index in [1.54, 1.807) is 22.0 Å². The number of anilines is 1. The van der Waals surface area contributed by atoms with E-state index in [4.69, 9.17) is 9.47 Å². The Kier molecular flexibility index (Phi) is 8.62. The molecule has 8 heteroatoms. The van der Waals surface area contributed by atoms with Crippen LogP contribution in [0.4, 0.5) is 5.69 Å². The van der Waals surface area contributed by atoms with E-state index < -0.39 is 41.1 Å². The Hall–Kier alpha value is -2.97. The molecular weight excluding hydrogens is 508 g/mol. The zero-order valence-corrected chi connectivity index (χ0v) is 24.5. The van der Waals surface area contributed by atoms with Crippen molar-refractivity contribution in [3.63, 3.8) is 0 Å². The second-order valence-electron chi connectivity index (χ2n) is 11.9. The van der Waals surface area contributed by atoms with E-state index in [0.29, 0.717) is 25.7 Å². The number of carbonyl (C=O) groups is 3. The van der Waals surface area contributed by atoms with Crippen LogP contribution >= 0.6 is 0 Å². The number of aliphatic hydroxyl groups excluding tert-OH is 1. The summed E-state index contributed by atoms with van der Waals surface area (Å²) in [5, 5.41) is 10.6. The molecule has 218 valence electrons. The van der Waals surface area contributed by atoms with Crippen molar-refractivity contribution >= 4 is 23.5 Å². The van der Waals surface area contributed by atoms with Crippen LogP contribution in [-0.4, -0.2) is 70.8 Å². The maximum atomic E-state index is 14.8. The molecule has 8 nitrogen and oxygen atoms in total. The summed E-state index contributed by atoms with van der Waals surface area (Å²) in [7, 11) is 0. The molecule has 2 unspecified atom stereocenters. The van der Waals surface area contributed by atoms with Gasteiger partial charge in [-0.15, -0.1) is 13.2 Å². The first kappa shape index (κ1) is 30.0. The third-order valence-electron chi connectivity index (χ3n) is 9.35. The first-order valence-corrected chi connectivity index (χ1v) is 14.4. The Morgan fingerprint density at radius 3 is 2.62 bits per heavy atom. The number of hydrogen-bond acceptors (Lipinski definition) is 6. The minimum Gasteiger partial charge on any atom is -0.465 e. The SMILES string of the molecule is C=CCCOC(=O)[C@H]1[C@H]2C(=O)N([C@@H](CO)[C@@H](C)CC)C(C(=O)N(CC=C)c3cc(C)ccc3C)C23CC[C@]1(C)O3. The number of carbonyl (C=O) groups excluding carboxylic acids is 3. The first-order chi connectivity index (χ1) is 19.0. The molecule has 0 aromatic heterocycles. The van der Waals surface area contributed by atoms with Gasteiger partial charge in [-0.2, -0.15) is 0 Å². The number of amides is 2. The number of nitrogens with zero attached hydrogens (tertiary/aromatic N) is 2. The lowest BCUT2D eigenvalue weighted by Crippen LogP contribution is -2.60. The van der Waals surface area contributed by atoms with Crippen molar-refractivity contribution in [2.75, 3.05) is 24.7 Å². The van der Waals surface area contributed by atoms with Crippen LogP contribution in [0.2, 0.25) is 0 Å². The standard InChI is InChI=1S/C32H44N2O6/c1-8-11-17-39-30(38)26-25-28(36)34(24(19-35)21(5)10-3)27(32(25)15-14-31(26,7)40-32)29(37)33(16-9-2)23-18-20(4)12-13-22(23)6/h8-9,12-13,18,21,24-27,35H,1-2,10-11,14-17,19H2,3-7H3/t21-,24-,25-,26+,27?,31-,32?/m0/s1. The molecule has 4 rings (SSSR count). The van der Waals surface area contributed by atoms with Gasteiger partial charge in [0.05, 0.1) is 30.8 Å². The van der Waals surface area contributed by atoms with Gasteiger partial charge in [-0.3, -0.25) is 14.4 Å². The Balaban J connectivity index is 1.86. The first-order valence-electron chi connectivity index (χ1n) is 14.4. The summed E-state index contributed by atoms with van der Waals surface area (Å²) in [5.74, 6) is -2.91. The number of hydrogen-bond donors (Lipinski definition) is 1. The minimum absolute atomic E-state index is 0.0844. The van der Waals surface area contributed by atoms with E-state index in [0.717, 1.165) is 16.8 Å². The van der Waals surface area contributed by atoms with Gasteiger partial charge in [0, 0.05) is 12.2 Å². The van der Waals surface area contributed by atoms with Crippen LogP contribution in [0.15, 0.2) is 43.5 Å². The molecule has 3 aliphatic heterocycles. The molecule has 0 aliphatic carbocycles. The van der Waals surface area contributed by atoms with Crippen LogP contribution in [0.1, 0.15) is 57.6 Å². The highest BCUT2D eigenvalue weighted by Gasteiger charge is 2.79. The largest absolute Gasteiger partial charge is 0.465 e. The molecule has 0 saturated carbocycles. The summed E-state index contributed by atoms with van der Waals surface area (Å²) < 4.78 is 12.3. The molecule has 40 heavy (non-hydrogen) atoms. The van der Waals surface area contributed by atoms with Crippen molar-refractivity contribution in [1.82, 2.24) is 4.90 Å². The summed E-state index contributed by atoms with van der Waals surface area (Å²) >= 11 is 0. The van der Waals surface area contributed by atoms with Gasteiger partial charge in [-0.1, -0.05) is 44.6 Å². The van der Waals surface area contributed by atoms with Crippen molar-refractivity contribution in [3.8, 4) is 0 Å². The number of likely N-dealkylation sites (tertiary alicyclic amines) is 1. The van der Waals surface area contributed by atoms with E-state index in [9.17, 15) is 19.5 Å². The quantitative estimate of drug-likeness (QED) is 0.238. The fourth-order valence-corrected chi connectivity index (χ4v) is 7.10. The van der Waals surface area contributed by atoms with E-state index in [-0.39, 0.29) is 37.5 Å². The maximum Gasteiger partial charge on any atom is 0.312 e. The number of rotatable bonds is 12. The highest BCUT2D eigenvalue weighted by molar-refractivity contribution is 6.05. The topological polar surface area (TPSA) is 96.4 Å². The number of aliphatic hydroxyl groups is 1. The molecule has 3 fully saturated rings. The summed E-state index contributed by atoms with van der Waals surface area (Å²) in [6, 6.07) is 4.30. The van der Waals surface area contributed by atoms with E-state index in [1.807, 2.05) is 52.8 Å². The number of aryl methyl sites for hydroxylation is 2. The fraction of sp³-hybridized carbons (Fsp3) is 0.594. The number of ether oxygens (including phenoxy) is 2. The Labute approximate surface area is 238 Å². The summed E-state index contributed by atoms with van der Waals surface area (Å²) in [6.45, 7) is 17.4. The number of fused-ring (bicyclic) bond motifs is 1. The van der Waals surface area contributed by atoms with Crippen LogP contribution in [-0.2, 0) is 23.9 Å². The van der Waals surface area contributed by atoms with Gasteiger partial charge in [-0.25, -0.2) is 0 Å². The van der Waals surface area contributed by atoms with Crippen molar-refractivity contribution < 1.29 is 29.0 Å². The third-order valence-corrected chi connectivity index (χ3v) is 9.35. The van der Waals surface area contributed by atoms with Crippen molar-refractivity contribution in [3.05, 3.63) is 54.6 Å². The Bertz CT molecular complexity index is 1180. The lowest BCUT2D eigenvalue weighted by Gasteiger charge is -2.41. The van der Waals surface area contributed by atoms with Crippen LogP contribution in [0, 0.1) is 31.6 Å². The van der Waals surface area contributed by atoms with E-state index in [1.165, 1.54) is 0 Å². The number of esters is 1. The van der Waals surface area contributed by atoms with Gasteiger partial charge in [0.25, 0.3) is 5.91 Å². The second-order valence-corrected chi connectivity index (χ2v) is 11.9. The molecule has 1 aromatic rings. The molecule has 1 N–H and O–H groups in total. The van der Waals surface area contributed by atoms with Crippen LogP contribution in [0.3, 0.4) is 0 Å². The molecule has 7 atom stereocenters. The normalized spacial score (nSPS) is 30.1. The molecular formula is C32H44N2O6. The monoisotopic (exact) mass is 552 g/mol. The molecule has 2 amide bonds. The fourth-order valence-electron chi connectivity index (χ4n) is 7.10. The van der Waals surface area contributed by atoms with Gasteiger partial charge < -0.3 is 24.4 Å². The Morgan fingerprint density at radius 2 is 2.00 bits per heavy atom. The van der Waals surface area contributed by atoms with Crippen LogP contribution in [0.5, 0.6) is 0 Å². The predicted octanol–water partition coefficient (Wildman–Crippen LogP) is 4.11. The Morgan fingerprint density at radius 1 is 1.27 bits per heavy atom. The summed E-state index contributed by atoms with van der Waals surface area (Å²) in [6.07, 6.45) is 5.52.